The first-order chi connectivity index (χ1) is 8.58. The molecule has 1 saturated carbocycles. The van der Waals surface area contributed by atoms with Gasteiger partial charge < -0.3 is 10.1 Å². The van der Waals surface area contributed by atoms with E-state index in [9.17, 15) is 4.79 Å². The summed E-state index contributed by atoms with van der Waals surface area (Å²) in [4.78, 5) is 11.4. The molecule has 0 saturated heterocycles. The number of hydrogen-bond acceptors (Lipinski definition) is 3. The van der Waals surface area contributed by atoms with E-state index in [1.807, 2.05) is 13.0 Å². The molecule has 1 aliphatic rings. The normalized spacial score (nSPS) is 29.1. The van der Waals surface area contributed by atoms with E-state index in [0.29, 0.717) is 6.04 Å². The van der Waals surface area contributed by atoms with Gasteiger partial charge in [0.05, 0.1) is 7.11 Å². The van der Waals surface area contributed by atoms with Gasteiger partial charge >= 0.3 is 5.97 Å². The Morgan fingerprint density at radius 2 is 2.11 bits per heavy atom. The molecule has 0 heterocycles. The van der Waals surface area contributed by atoms with Crippen molar-refractivity contribution in [2.24, 2.45) is 11.8 Å². The van der Waals surface area contributed by atoms with E-state index in [1.165, 1.54) is 26.4 Å². The van der Waals surface area contributed by atoms with E-state index in [1.54, 1.807) is 0 Å². The van der Waals surface area contributed by atoms with Gasteiger partial charge in [0.15, 0.2) is 0 Å². The Hall–Kier alpha value is -0.830. The van der Waals surface area contributed by atoms with Crippen LogP contribution in [0.2, 0.25) is 0 Å². The average Bonchev–Trinajstić information content (AvgIpc) is 2.36. The van der Waals surface area contributed by atoms with E-state index in [2.05, 4.69) is 19.2 Å². The first-order valence-electron chi connectivity index (χ1n) is 7.09. The number of rotatable bonds is 5. The minimum Gasteiger partial charge on any atom is -0.466 e. The van der Waals surface area contributed by atoms with Crippen molar-refractivity contribution in [1.82, 2.24) is 5.32 Å². The second kappa shape index (κ2) is 7.57. The number of ether oxygens (including phenoxy) is 1. The highest BCUT2D eigenvalue weighted by atomic mass is 16.5. The molecule has 0 aromatic carbocycles. The Balaban J connectivity index is 2.40. The minimum atomic E-state index is -0.204. The van der Waals surface area contributed by atoms with Gasteiger partial charge in [-0.3, -0.25) is 0 Å². The highest BCUT2D eigenvalue weighted by Crippen LogP contribution is 2.28. The summed E-state index contributed by atoms with van der Waals surface area (Å²) in [6.45, 7) is 7.40. The molecule has 3 unspecified atom stereocenters. The fourth-order valence-electron chi connectivity index (χ4n) is 2.81. The van der Waals surface area contributed by atoms with Crippen LogP contribution in [0.25, 0.3) is 0 Å². The Morgan fingerprint density at radius 3 is 2.67 bits per heavy atom. The zero-order valence-electron chi connectivity index (χ0n) is 12.2. The van der Waals surface area contributed by atoms with Crippen LogP contribution >= 0.6 is 0 Å². The monoisotopic (exact) mass is 253 g/mol. The molecule has 1 fully saturated rings. The molecule has 1 rings (SSSR count). The molecule has 0 aromatic rings. The molecule has 104 valence electrons. The summed E-state index contributed by atoms with van der Waals surface area (Å²) in [7, 11) is 1.43. The lowest BCUT2D eigenvalue weighted by Gasteiger charge is -2.33. The SMILES string of the molecule is CCC(=CCNC1CCC(C)CC1C)C(=O)OC. The molecule has 0 bridgehead atoms. The Labute approximate surface area is 111 Å². The van der Waals surface area contributed by atoms with Gasteiger partial charge in [0.1, 0.15) is 0 Å². The molecule has 0 aliphatic heterocycles. The third kappa shape index (κ3) is 4.45. The van der Waals surface area contributed by atoms with Crippen molar-refractivity contribution in [2.75, 3.05) is 13.7 Å². The van der Waals surface area contributed by atoms with Crippen molar-refractivity contribution in [1.29, 1.82) is 0 Å². The molecule has 3 atom stereocenters. The maximum Gasteiger partial charge on any atom is 0.333 e. The van der Waals surface area contributed by atoms with Crippen LogP contribution in [0, 0.1) is 11.8 Å². The van der Waals surface area contributed by atoms with E-state index in [4.69, 9.17) is 4.74 Å². The summed E-state index contributed by atoms with van der Waals surface area (Å²) >= 11 is 0. The van der Waals surface area contributed by atoms with E-state index >= 15 is 0 Å². The highest BCUT2D eigenvalue weighted by Gasteiger charge is 2.24. The summed E-state index contributed by atoms with van der Waals surface area (Å²) in [5, 5.41) is 3.55. The number of methoxy groups -OCH3 is 1. The molecule has 18 heavy (non-hydrogen) atoms. The van der Waals surface area contributed by atoms with E-state index in [0.717, 1.165) is 30.4 Å². The van der Waals surface area contributed by atoms with Gasteiger partial charge in [-0.25, -0.2) is 4.79 Å². The lowest BCUT2D eigenvalue weighted by molar-refractivity contribution is -0.136. The van der Waals surface area contributed by atoms with Crippen LogP contribution in [0.1, 0.15) is 46.5 Å². The molecular weight excluding hydrogens is 226 g/mol. The first kappa shape index (κ1) is 15.2. The van der Waals surface area contributed by atoms with Gasteiger partial charge in [-0.2, -0.15) is 0 Å². The molecule has 0 aromatic heterocycles. The minimum absolute atomic E-state index is 0.204. The van der Waals surface area contributed by atoms with Crippen molar-refractivity contribution >= 4 is 5.97 Å². The second-order valence-electron chi connectivity index (χ2n) is 5.48. The van der Waals surface area contributed by atoms with Crippen LogP contribution in [0.5, 0.6) is 0 Å². The van der Waals surface area contributed by atoms with E-state index in [-0.39, 0.29) is 5.97 Å². The standard InChI is InChI=1S/C15H27NO2/c1-5-13(15(17)18-4)8-9-16-14-7-6-11(2)10-12(14)3/h8,11-12,14,16H,5-7,9-10H2,1-4H3. The number of esters is 1. The third-order valence-electron chi connectivity index (χ3n) is 3.99. The Morgan fingerprint density at radius 1 is 1.39 bits per heavy atom. The Bertz CT molecular complexity index is 299. The van der Waals surface area contributed by atoms with Crippen molar-refractivity contribution in [3.05, 3.63) is 11.6 Å². The van der Waals surface area contributed by atoms with Crippen LogP contribution < -0.4 is 5.32 Å². The number of nitrogens with one attached hydrogen (secondary N) is 1. The Kier molecular flexibility index (Phi) is 6.41. The van der Waals surface area contributed by atoms with Gasteiger partial charge in [-0.05, 0) is 37.5 Å². The van der Waals surface area contributed by atoms with Crippen molar-refractivity contribution in [3.8, 4) is 0 Å². The summed E-state index contributed by atoms with van der Waals surface area (Å²) < 4.78 is 4.75. The van der Waals surface area contributed by atoms with E-state index < -0.39 is 0 Å². The summed E-state index contributed by atoms with van der Waals surface area (Å²) in [5.74, 6) is 1.38. The van der Waals surface area contributed by atoms with Gasteiger partial charge in [0.25, 0.3) is 0 Å². The third-order valence-corrected chi connectivity index (χ3v) is 3.99. The van der Waals surface area contributed by atoms with Gasteiger partial charge in [-0.1, -0.05) is 26.8 Å². The summed E-state index contributed by atoms with van der Waals surface area (Å²) in [6, 6.07) is 0.591. The molecule has 1 N–H and O–H groups in total. The van der Waals surface area contributed by atoms with Crippen LogP contribution in [-0.2, 0) is 9.53 Å². The fourth-order valence-corrected chi connectivity index (χ4v) is 2.81. The molecule has 3 heteroatoms. The summed E-state index contributed by atoms with van der Waals surface area (Å²) in [5.41, 5.74) is 0.766. The van der Waals surface area contributed by atoms with Crippen molar-refractivity contribution in [3.63, 3.8) is 0 Å². The second-order valence-corrected chi connectivity index (χ2v) is 5.48. The largest absolute Gasteiger partial charge is 0.466 e. The predicted molar refractivity (Wildman–Crippen MR) is 74.4 cm³/mol. The molecule has 1 aliphatic carbocycles. The topological polar surface area (TPSA) is 38.3 Å². The first-order valence-corrected chi connectivity index (χ1v) is 7.09. The van der Waals surface area contributed by atoms with Crippen molar-refractivity contribution in [2.45, 2.75) is 52.5 Å². The predicted octanol–water partition coefficient (Wildman–Crippen LogP) is 2.91. The molecule has 0 amide bonds. The lowest BCUT2D eigenvalue weighted by Crippen LogP contribution is -2.39. The summed E-state index contributed by atoms with van der Waals surface area (Å²) in [6.07, 6.45) is 6.56. The van der Waals surface area contributed by atoms with Gasteiger partial charge in [-0.15, -0.1) is 0 Å². The average molecular weight is 253 g/mol. The van der Waals surface area contributed by atoms with Crippen LogP contribution in [-0.4, -0.2) is 25.7 Å². The fraction of sp³-hybridized carbons (Fsp3) is 0.800. The molecular formula is C15H27NO2. The number of carbonyl (C=O) groups excluding carboxylic acids is 1. The van der Waals surface area contributed by atoms with Crippen LogP contribution in [0.4, 0.5) is 0 Å². The molecule has 3 nitrogen and oxygen atoms in total. The van der Waals surface area contributed by atoms with Crippen LogP contribution in [0.15, 0.2) is 11.6 Å². The lowest BCUT2D eigenvalue weighted by atomic mass is 9.80. The maximum atomic E-state index is 11.4. The highest BCUT2D eigenvalue weighted by molar-refractivity contribution is 5.88. The van der Waals surface area contributed by atoms with Crippen molar-refractivity contribution < 1.29 is 9.53 Å². The van der Waals surface area contributed by atoms with Crippen LogP contribution in [0.3, 0.4) is 0 Å². The zero-order valence-corrected chi connectivity index (χ0v) is 12.2. The number of hydrogen-bond donors (Lipinski definition) is 1. The molecule has 0 spiro atoms. The number of carbonyl (C=O) groups is 1. The van der Waals surface area contributed by atoms with Gasteiger partial charge in [0.2, 0.25) is 0 Å². The zero-order chi connectivity index (χ0) is 13.5. The molecule has 0 radical (unpaired) electrons. The quantitative estimate of drug-likeness (QED) is 0.605. The maximum absolute atomic E-state index is 11.4. The smallest absolute Gasteiger partial charge is 0.333 e. The van der Waals surface area contributed by atoms with Gasteiger partial charge in [0, 0.05) is 18.2 Å².